The smallest absolute Gasteiger partial charge is 0.120 e. The second-order valence-electron chi connectivity index (χ2n) is 4.94. The molecule has 0 unspecified atom stereocenters. The van der Waals surface area contributed by atoms with Crippen molar-refractivity contribution in [3.8, 4) is 6.07 Å². The first kappa shape index (κ1) is 14.1. The van der Waals surface area contributed by atoms with Crippen LogP contribution in [0.15, 0.2) is 6.07 Å². The molecule has 0 spiro atoms. The van der Waals surface area contributed by atoms with Gasteiger partial charge in [0.25, 0.3) is 0 Å². The quantitative estimate of drug-likeness (QED) is 0.791. The lowest BCUT2D eigenvalue weighted by molar-refractivity contribution is 0.0384. The van der Waals surface area contributed by atoms with Crippen LogP contribution in [0.2, 0.25) is 0 Å². The zero-order chi connectivity index (χ0) is 13.7. The number of aromatic nitrogens is 1. The molecular formula is C14H22N4O. The van der Waals surface area contributed by atoms with Crippen LogP contribution in [0.3, 0.4) is 0 Å². The van der Waals surface area contributed by atoms with Gasteiger partial charge in [0.05, 0.1) is 13.2 Å². The molecule has 0 radical (unpaired) electrons. The topological polar surface area (TPSA) is 53.2 Å². The summed E-state index contributed by atoms with van der Waals surface area (Å²) < 4.78 is 7.27. The van der Waals surface area contributed by atoms with Crippen LogP contribution in [0.5, 0.6) is 0 Å². The standard InChI is InChI=1S/C14H22N4O/c1-12-13(9-14(10-15)17(12)2)11-16-3-4-18-5-7-19-8-6-18/h9,16H,3-8,11H2,1-2H3. The summed E-state index contributed by atoms with van der Waals surface area (Å²) in [7, 11) is 1.94. The fraction of sp³-hybridized carbons (Fsp3) is 0.643. The third-order valence-electron chi connectivity index (χ3n) is 3.78. The fourth-order valence-corrected chi connectivity index (χ4v) is 2.33. The Bertz CT molecular complexity index is 455. The molecule has 104 valence electrons. The van der Waals surface area contributed by atoms with Crippen LogP contribution in [-0.4, -0.2) is 48.9 Å². The van der Waals surface area contributed by atoms with E-state index in [9.17, 15) is 0 Å². The maximum absolute atomic E-state index is 8.99. The van der Waals surface area contributed by atoms with Crippen molar-refractivity contribution in [1.82, 2.24) is 14.8 Å². The van der Waals surface area contributed by atoms with Crippen LogP contribution in [0.4, 0.5) is 0 Å². The van der Waals surface area contributed by atoms with Crippen molar-refractivity contribution in [1.29, 1.82) is 5.26 Å². The number of nitriles is 1. The molecule has 1 aliphatic rings. The van der Waals surface area contributed by atoms with Gasteiger partial charge in [0.2, 0.25) is 0 Å². The van der Waals surface area contributed by atoms with Gasteiger partial charge in [-0.3, -0.25) is 4.90 Å². The highest BCUT2D eigenvalue weighted by atomic mass is 16.5. The molecule has 0 saturated carbocycles. The normalized spacial score (nSPS) is 16.5. The molecule has 19 heavy (non-hydrogen) atoms. The second-order valence-corrected chi connectivity index (χ2v) is 4.94. The summed E-state index contributed by atoms with van der Waals surface area (Å²) in [4.78, 5) is 2.41. The molecule has 1 aromatic heterocycles. The summed E-state index contributed by atoms with van der Waals surface area (Å²) in [6.45, 7) is 8.67. The monoisotopic (exact) mass is 262 g/mol. The number of nitrogens with one attached hydrogen (secondary N) is 1. The number of hydrogen-bond acceptors (Lipinski definition) is 4. The Labute approximate surface area is 114 Å². The number of rotatable bonds is 5. The Kier molecular flexibility index (Phi) is 4.97. The maximum Gasteiger partial charge on any atom is 0.120 e. The molecule has 1 N–H and O–H groups in total. The van der Waals surface area contributed by atoms with Crippen LogP contribution in [0.1, 0.15) is 17.0 Å². The molecule has 0 bridgehead atoms. The van der Waals surface area contributed by atoms with Crippen molar-refractivity contribution >= 4 is 0 Å². The van der Waals surface area contributed by atoms with Crippen molar-refractivity contribution in [2.75, 3.05) is 39.4 Å². The van der Waals surface area contributed by atoms with Gasteiger partial charge in [-0.1, -0.05) is 0 Å². The Hall–Kier alpha value is -1.35. The summed E-state index contributed by atoms with van der Waals surface area (Å²) >= 11 is 0. The Morgan fingerprint density at radius 2 is 2.16 bits per heavy atom. The van der Waals surface area contributed by atoms with Crippen molar-refractivity contribution in [2.45, 2.75) is 13.5 Å². The number of ether oxygens (including phenoxy) is 1. The predicted octanol–water partition coefficient (Wildman–Crippen LogP) is 0.627. The summed E-state index contributed by atoms with van der Waals surface area (Å²) in [5.41, 5.74) is 3.10. The lowest BCUT2D eigenvalue weighted by Crippen LogP contribution is -2.40. The van der Waals surface area contributed by atoms with Gasteiger partial charge in [0.15, 0.2) is 0 Å². The minimum absolute atomic E-state index is 0.725. The van der Waals surface area contributed by atoms with Crippen LogP contribution in [0.25, 0.3) is 0 Å². The van der Waals surface area contributed by atoms with E-state index in [1.807, 2.05) is 17.7 Å². The third-order valence-corrected chi connectivity index (χ3v) is 3.78. The first-order valence-corrected chi connectivity index (χ1v) is 6.78. The Morgan fingerprint density at radius 3 is 2.79 bits per heavy atom. The van der Waals surface area contributed by atoms with Crippen LogP contribution in [-0.2, 0) is 18.3 Å². The van der Waals surface area contributed by atoms with E-state index in [0.29, 0.717) is 0 Å². The number of hydrogen-bond donors (Lipinski definition) is 1. The molecule has 1 aromatic rings. The van der Waals surface area contributed by atoms with Crippen molar-refractivity contribution in [3.05, 3.63) is 23.0 Å². The van der Waals surface area contributed by atoms with Gasteiger partial charge in [0, 0.05) is 45.5 Å². The predicted molar refractivity (Wildman–Crippen MR) is 73.8 cm³/mol. The van der Waals surface area contributed by atoms with Crippen molar-refractivity contribution in [2.24, 2.45) is 7.05 Å². The molecule has 0 aliphatic carbocycles. The van der Waals surface area contributed by atoms with E-state index in [4.69, 9.17) is 10.00 Å². The average Bonchev–Trinajstić information content (AvgIpc) is 2.72. The summed E-state index contributed by atoms with van der Waals surface area (Å²) in [5.74, 6) is 0. The fourth-order valence-electron chi connectivity index (χ4n) is 2.33. The molecule has 0 atom stereocenters. The van der Waals surface area contributed by atoms with Gasteiger partial charge in [-0.15, -0.1) is 0 Å². The molecule has 1 fully saturated rings. The third kappa shape index (κ3) is 3.57. The largest absolute Gasteiger partial charge is 0.379 e. The number of nitrogens with zero attached hydrogens (tertiary/aromatic N) is 3. The van der Waals surface area contributed by atoms with Crippen molar-refractivity contribution < 1.29 is 4.74 Å². The zero-order valence-corrected chi connectivity index (χ0v) is 11.8. The first-order valence-electron chi connectivity index (χ1n) is 6.78. The molecule has 2 heterocycles. The summed E-state index contributed by atoms with van der Waals surface area (Å²) in [6.07, 6.45) is 0. The second kappa shape index (κ2) is 6.71. The highest BCUT2D eigenvalue weighted by Gasteiger charge is 2.10. The minimum atomic E-state index is 0.725. The summed E-state index contributed by atoms with van der Waals surface area (Å²) in [5, 5.41) is 12.4. The molecule has 1 saturated heterocycles. The average molecular weight is 262 g/mol. The van der Waals surface area contributed by atoms with Crippen LogP contribution in [0, 0.1) is 18.3 Å². The van der Waals surface area contributed by atoms with E-state index in [-0.39, 0.29) is 0 Å². The van der Waals surface area contributed by atoms with Gasteiger partial charge in [-0.25, -0.2) is 0 Å². The molecule has 0 aromatic carbocycles. The maximum atomic E-state index is 8.99. The van der Waals surface area contributed by atoms with Gasteiger partial charge >= 0.3 is 0 Å². The highest BCUT2D eigenvalue weighted by molar-refractivity contribution is 5.33. The van der Waals surface area contributed by atoms with E-state index in [1.54, 1.807) is 0 Å². The van der Waals surface area contributed by atoms with E-state index < -0.39 is 0 Å². The number of morpholine rings is 1. The van der Waals surface area contributed by atoms with Crippen molar-refractivity contribution in [3.63, 3.8) is 0 Å². The molecule has 1 aliphatic heterocycles. The Balaban J connectivity index is 1.75. The summed E-state index contributed by atoms with van der Waals surface area (Å²) in [6, 6.07) is 4.18. The zero-order valence-electron chi connectivity index (χ0n) is 11.8. The van der Waals surface area contributed by atoms with E-state index in [1.165, 1.54) is 5.56 Å². The van der Waals surface area contributed by atoms with E-state index >= 15 is 0 Å². The van der Waals surface area contributed by atoms with Gasteiger partial charge in [-0.05, 0) is 18.6 Å². The lowest BCUT2D eigenvalue weighted by Gasteiger charge is -2.26. The molecular weight excluding hydrogens is 240 g/mol. The van der Waals surface area contributed by atoms with Crippen LogP contribution < -0.4 is 5.32 Å². The van der Waals surface area contributed by atoms with E-state index in [2.05, 4.69) is 23.2 Å². The lowest BCUT2D eigenvalue weighted by atomic mass is 10.2. The molecule has 2 rings (SSSR count). The van der Waals surface area contributed by atoms with Gasteiger partial charge in [-0.2, -0.15) is 5.26 Å². The van der Waals surface area contributed by atoms with Crippen LogP contribution >= 0.6 is 0 Å². The molecule has 0 amide bonds. The van der Waals surface area contributed by atoms with Gasteiger partial charge < -0.3 is 14.6 Å². The minimum Gasteiger partial charge on any atom is -0.379 e. The SMILES string of the molecule is Cc1c(CNCCN2CCOCC2)cc(C#N)n1C. The molecule has 5 heteroatoms. The van der Waals surface area contributed by atoms with Gasteiger partial charge in [0.1, 0.15) is 11.8 Å². The highest BCUT2D eigenvalue weighted by Crippen LogP contribution is 2.12. The Morgan fingerprint density at radius 1 is 1.42 bits per heavy atom. The van der Waals surface area contributed by atoms with E-state index in [0.717, 1.165) is 57.3 Å². The first-order chi connectivity index (χ1) is 9.22. The molecule has 5 nitrogen and oxygen atoms in total.